The van der Waals surface area contributed by atoms with E-state index in [1.807, 2.05) is 0 Å². The molecule has 0 aliphatic heterocycles. The van der Waals surface area contributed by atoms with Crippen LogP contribution < -0.4 is 0 Å². The molecule has 0 heteroatoms. The maximum absolute atomic E-state index is 2.44. The molecule has 0 nitrogen and oxygen atoms in total. The lowest BCUT2D eigenvalue weighted by molar-refractivity contribution is 0.290. The van der Waals surface area contributed by atoms with Gasteiger partial charge in [0.05, 0.1) is 0 Å². The summed E-state index contributed by atoms with van der Waals surface area (Å²) < 4.78 is 0. The highest BCUT2D eigenvalue weighted by atomic mass is 14.2. The first-order chi connectivity index (χ1) is 9.51. The van der Waals surface area contributed by atoms with Gasteiger partial charge in [-0.1, -0.05) is 99.3 Å². The van der Waals surface area contributed by atoms with E-state index in [0.717, 1.165) is 23.7 Å². The van der Waals surface area contributed by atoms with Crippen LogP contribution in [0.3, 0.4) is 0 Å². The van der Waals surface area contributed by atoms with Gasteiger partial charge in [0.2, 0.25) is 0 Å². The third kappa shape index (κ3) is 10.7. The van der Waals surface area contributed by atoms with Crippen molar-refractivity contribution < 1.29 is 0 Å². The van der Waals surface area contributed by atoms with Gasteiger partial charge in [0.15, 0.2) is 0 Å². The van der Waals surface area contributed by atoms with E-state index in [4.69, 9.17) is 0 Å². The minimum Gasteiger partial charge on any atom is -0.0654 e. The van der Waals surface area contributed by atoms with Crippen LogP contribution in [-0.2, 0) is 0 Å². The first kappa shape index (κ1) is 20.0. The van der Waals surface area contributed by atoms with Crippen LogP contribution in [0.15, 0.2) is 0 Å². The van der Waals surface area contributed by atoms with Crippen LogP contribution in [0.1, 0.15) is 106 Å². The summed E-state index contributed by atoms with van der Waals surface area (Å²) in [6, 6.07) is 0. The molecule has 0 radical (unpaired) electrons. The van der Waals surface area contributed by atoms with Gasteiger partial charge in [-0.05, 0) is 30.1 Å². The summed E-state index contributed by atoms with van der Waals surface area (Å²) in [5.41, 5.74) is 0. The van der Waals surface area contributed by atoms with Crippen LogP contribution in [0.4, 0.5) is 0 Å². The maximum Gasteiger partial charge on any atom is -0.0391 e. The standard InChI is InChI=1S/C20H42/c1-7-11-18(5)13-9-10-14-20(17(3)4)16-15-19(6)12-8-2/h17-20H,7-16H2,1-6H3. The van der Waals surface area contributed by atoms with Gasteiger partial charge in [0.1, 0.15) is 0 Å². The summed E-state index contributed by atoms with van der Waals surface area (Å²) in [7, 11) is 0. The van der Waals surface area contributed by atoms with Gasteiger partial charge in [-0.15, -0.1) is 0 Å². The maximum atomic E-state index is 2.44. The van der Waals surface area contributed by atoms with Crippen molar-refractivity contribution in [3.05, 3.63) is 0 Å². The van der Waals surface area contributed by atoms with Crippen LogP contribution in [0.25, 0.3) is 0 Å². The van der Waals surface area contributed by atoms with Gasteiger partial charge in [0, 0.05) is 0 Å². The van der Waals surface area contributed by atoms with Crippen molar-refractivity contribution in [2.75, 3.05) is 0 Å². The number of unbranched alkanes of at least 4 members (excludes halogenated alkanes) is 1. The normalized spacial score (nSPS) is 16.4. The van der Waals surface area contributed by atoms with Crippen molar-refractivity contribution in [2.45, 2.75) is 106 Å². The predicted molar refractivity (Wildman–Crippen MR) is 94.2 cm³/mol. The second-order valence-electron chi connectivity index (χ2n) is 7.65. The molecular weight excluding hydrogens is 240 g/mol. The van der Waals surface area contributed by atoms with Crippen molar-refractivity contribution >= 4 is 0 Å². The molecule has 20 heavy (non-hydrogen) atoms. The quantitative estimate of drug-likeness (QED) is 0.307. The molecule has 3 atom stereocenters. The topological polar surface area (TPSA) is 0 Å². The summed E-state index contributed by atoms with van der Waals surface area (Å²) in [5, 5.41) is 0. The van der Waals surface area contributed by atoms with Gasteiger partial charge in [-0.3, -0.25) is 0 Å². The summed E-state index contributed by atoms with van der Waals surface area (Å²) in [5.74, 6) is 3.72. The Morgan fingerprint density at radius 1 is 0.550 bits per heavy atom. The Balaban J connectivity index is 3.80. The lowest BCUT2D eigenvalue weighted by Crippen LogP contribution is -2.11. The molecule has 0 fully saturated rings. The molecule has 0 aromatic heterocycles. The molecule has 0 aliphatic rings. The average molecular weight is 283 g/mol. The fourth-order valence-electron chi connectivity index (χ4n) is 3.48. The van der Waals surface area contributed by atoms with Crippen molar-refractivity contribution in [3.8, 4) is 0 Å². The first-order valence-corrected chi connectivity index (χ1v) is 9.51. The Bertz CT molecular complexity index is 194. The fourth-order valence-corrected chi connectivity index (χ4v) is 3.48. The number of hydrogen-bond donors (Lipinski definition) is 0. The Labute approximate surface area is 130 Å². The van der Waals surface area contributed by atoms with E-state index in [2.05, 4.69) is 41.5 Å². The molecule has 0 heterocycles. The van der Waals surface area contributed by atoms with Crippen LogP contribution in [0.5, 0.6) is 0 Å². The summed E-state index contributed by atoms with van der Waals surface area (Å²) in [6.45, 7) is 14.3. The average Bonchev–Trinajstić information content (AvgIpc) is 2.38. The molecule has 0 rings (SSSR count). The van der Waals surface area contributed by atoms with Gasteiger partial charge in [0.25, 0.3) is 0 Å². The highest BCUT2D eigenvalue weighted by Gasteiger charge is 2.14. The largest absolute Gasteiger partial charge is 0.0654 e. The zero-order chi connectivity index (χ0) is 15.4. The molecule has 0 saturated carbocycles. The molecule has 122 valence electrons. The van der Waals surface area contributed by atoms with Crippen molar-refractivity contribution in [3.63, 3.8) is 0 Å². The van der Waals surface area contributed by atoms with E-state index in [-0.39, 0.29) is 0 Å². The van der Waals surface area contributed by atoms with Crippen molar-refractivity contribution in [1.82, 2.24) is 0 Å². The summed E-state index contributed by atoms with van der Waals surface area (Å²) in [6.07, 6.45) is 14.3. The number of rotatable bonds is 13. The summed E-state index contributed by atoms with van der Waals surface area (Å²) >= 11 is 0. The zero-order valence-corrected chi connectivity index (χ0v) is 15.4. The van der Waals surface area contributed by atoms with Gasteiger partial charge >= 0.3 is 0 Å². The van der Waals surface area contributed by atoms with E-state index in [1.165, 1.54) is 64.2 Å². The zero-order valence-electron chi connectivity index (χ0n) is 15.4. The lowest BCUT2D eigenvalue weighted by atomic mass is 9.83. The van der Waals surface area contributed by atoms with Crippen LogP contribution in [0, 0.1) is 23.7 Å². The number of hydrogen-bond acceptors (Lipinski definition) is 0. The smallest absolute Gasteiger partial charge is 0.0391 e. The third-order valence-electron chi connectivity index (χ3n) is 5.06. The highest BCUT2D eigenvalue weighted by molar-refractivity contribution is 4.66. The molecule has 3 unspecified atom stereocenters. The fraction of sp³-hybridized carbons (Fsp3) is 1.00. The second-order valence-corrected chi connectivity index (χ2v) is 7.65. The highest BCUT2D eigenvalue weighted by Crippen LogP contribution is 2.27. The molecular formula is C20H42. The molecule has 0 aromatic rings. The van der Waals surface area contributed by atoms with Crippen LogP contribution in [0.2, 0.25) is 0 Å². The van der Waals surface area contributed by atoms with Gasteiger partial charge in [-0.25, -0.2) is 0 Å². The van der Waals surface area contributed by atoms with Gasteiger partial charge in [-0.2, -0.15) is 0 Å². The monoisotopic (exact) mass is 282 g/mol. The Morgan fingerprint density at radius 3 is 1.55 bits per heavy atom. The van der Waals surface area contributed by atoms with Crippen LogP contribution >= 0.6 is 0 Å². The van der Waals surface area contributed by atoms with Crippen molar-refractivity contribution in [1.29, 1.82) is 0 Å². The molecule has 0 spiro atoms. The predicted octanol–water partition coefficient (Wildman–Crippen LogP) is 7.47. The minimum atomic E-state index is 0.872. The van der Waals surface area contributed by atoms with E-state index in [9.17, 15) is 0 Å². The summed E-state index contributed by atoms with van der Waals surface area (Å²) in [4.78, 5) is 0. The SMILES string of the molecule is CCCC(C)CCCCC(CCC(C)CCC)C(C)C. The lowest BCUT2D eigenvalue weighted by Gasteiger charge is -2.23. The minimum absolute atomic E-state index is 0.872. The molecule has 0 aliphatic carbocycles. The van der Waals surface area contributed by atoms with E-state index >= 15 is 0 Å². The van der Waals surface area contributed by atoms with Gasteiger partial charge < -0.3 is 0 Å². The second kappa shape index (κ2) is 12.7. The Morgan fingerprint density at radius 2 is 1.05 bits per heavy atom. The Hall–Kier alpha value is 0. The van der Waals surface area contributed by atoms with E-state index in [1.54, 1.807) is 0 Å². The Kier molecular flexibility index (Phi) is 12.7. The molecule has 0 amide bonds. The third-order valence-corrected chi connectivity index (χ3v) is 5.06. The van der Waals surface area contributed by atoms with Crippen molar-refractivity contribution in [2.24, 2.45) is 23.7 Å². The van der Waals surface area contributed by atoms with Crippen LogP contribution in [-0.4, -0.2) is 0 Å². The first-order valence-electron chi connectivity index (χ1n) is 9.51. The molecule has 0 aromatic carbocycles. The van der Waals surface area contributed by atoms with E-state index < -0.39 is 0 Å². The molecule has 0 saturated heterocycles. The molecule has 0 N–H and O–H groups in total. The van der Waals surface area contributed by atoms with E-state index in [0.29, 0.717) is 0 Å². The molecule has 0 bridgehead atoms.